The maximum Gasteiger partial charge on any atom is 0.337 e. The van der Waals surface area contributed by atoms with Gasteiger partial charge in [-0.15, -0.1) is 0 Å². The zero-order valence-corrected chi connectivity index (χ0v) is 12.1. The summed E-state index contributed by atoms with van der Waals surface area (Å²) in [5.41, 5.74) is 1.47. The molecule has 3 aromatic carbocycles. The van der Waals surface area contributed by atoms with Gasteiger partial charge in [0.25, 0.3) is 0 Å². The first-order valence-electron chi connectivity index (χ1n) is 6.91. The number of ether oxygens (including phenoxy) is 1. The van der Waals surface area contributed by atoms with Crippen LogP contribution in [0.3, 0.4) is 0 Å². The number of methoxy groups -OCH3 is 1. The van der Waals surface area contributed by atoms with Crippen LogP contribution in [0.5, 0.6) is 0 Å². The van der Waals surface area contributed by atoms with E-state index in [0.717, 1.165) is 10.8 Å². The molecule has 0 saturated carbocycles. The molecule has 0 heterocycles. The fourth-order valence-electron chi connectivity index (χ4n) is 2.48. The Kier molecular flexibility index (Phi) is 3.71. The van der Waals surface area contributed by atoms with Crippen LogP contribution in [0.15, 0.2) is 66.7 Å². The SMILES string of the molecule is COC(=O)c1cc(C(=O)c2ccccc2)c2ccccc2c1. The summed E-state index contributed by atoms with van der Waals surface area (Å²) in [6.07, 6.45) is 0. The topological polar surface area (TPSA) is 43.4 Å². The number of esters is 1. The molecule has 0 aliphatic carbocycles. The molecule has 3 aromatic rings. The van der Waals surface area contributed by atoms with E-state index in [9.17, 15) is 9.59 Å². The first-order chi connectivity index (χ1) is 10.7. The van der Waals surface area contributed by atoms with Gasteiger partial charge >= 0.3 is 5.97 Å². The first kappa shape index (κ1) is 14.0. The van der Waals surface area contributed by atoms with Gasteiger partial charge in [0.05, 0.1) is 12.7 Å². The van der Waals surface area contributed by atoms with Gasteiger partial charge in [-0.2, -0.15) is 0 Å². The minimum atomic E-state index is -0.451. The Bertz CT molecular complexity index is 851. The Labute approximate surface area is 128 Å². The lowest BCUT2D eigenvalue weighted by Crippen LogP contribution is -2.07. The molecule has 0 amide bonds. The van der Waals surface area contributed by atoms with Gasteiger partial charge in [-0.05, 0) is 22.9 Å². The monoisotopic (exact) mass is 290 g/mol. The molecule has 108 valence electrons. The summed E-state index contributed by atoms with van der Waals surface area (Å²) in [4.78, 5) is 24.6. The number of hydrogen-bond donors (Lipinski definition) is 0. The van der Waals surface area contributed by atoms with Crippen LogP contribution < -0.4 is 0 Å². The Morgan fingerprint density at radius 2 is 1.50 bits per heavy atom. The third kappa shape index (κ3) is 2.49. The molecule has 0 unspecified atom stereocenters. The Morgan fingerprint density at radius 1 is 0.818 bits per heavy atom. The van der Waals surface area contributed by atoms with Gasteiger partial charge < -0.3 is 4.74 Å². The minimum Gasteiger partial charge on any atom is -0.465 e. The van der Waals surface area contributed by atoms with Crippen LogP contribution in [-0.2, 0) is 4.74 Å². The second kappa shape index (κ2) is 5.82. The lowest BCUT2D eigenvalue weighted by Gasteiger charge is -2.09. The van der Waals surface area contributed by atoms with Crippen LogP contribution in [0.2, 0.25) is 0 Å². The number of rotatable bonds is 3. The summed E-state index contributed by atoms with van der Waals surface area (Å²) in [7, 11) is 1.33. The minimum absolute atomic E-state index is 0.109. The van der Waals surface area contributed by atoms with Crippen LogP contribution in [0, 0.1) is 0 Å². The zero-order chi connectivity index (χ0) is 15.5. The van der Waals surface area contributed by atoms with E-state index in [-0.39, 0.29) is 5.78 Å². The van der Waals surface area contributed by atoms with Gasteiger partial charge in [-0.1, -0.05) is 54.6 Å². The lowest BCUT2D eigenvalue weighted by molar-refractivity contribution is 0.0601. The van der Waals surface area contributed by atoms with Crippen LogP contribution >= 0.6 is 0 Å². The predicted molar refractivity (Wildman–Crippen MR) is 85.2 cm³/mol. The Hall–Kier alpha value is -2.94. The normalized spacial score (nSPS) is 10.4. The molecular weight excluding hydrogens is 276 g/mol. The van der Waals surface area contributed by atoms with Crippen molar-refractivity contribution in [1.82, 2.24) is 0 Å². The van der Waals surface area contributed by atoms with Crippen molar-refractivity contribution in [2.75, 3.05) is 7.11 Å². The zero-order valence-electron chi connectivity index (χ0n) is 12.1. The third-order valence-corrected chi connectivity index (χ3v) is 3.56. The van der Waals surface area contributed by atoms with E-state index in [1.807, 2.05) is 42.5 Å². The van der Waals surface area contributed by atoms with E-state index in [2.05, 4.69) is 0 Å². The van der Waals surface area contributed by atoms with Crippen molar-refractivity contribution in [3.63, 3.8) is 0 Å². The van der Waals surface area contributed by atoms with Crippen molar-refractivity contribution in [2.45, 2.75) is 0 Å². The van der Waals surface area contributed by atoms with Gasteiger partial charge in [0.2, 0.25) is 0 Å². The Morgan fingerprint density at radius 3 is 2.23 bits per heavy atom. The van der Waals surface area contributed by atoms with Crippen LogP contribution in [0.25, 0.3) is 10.8 Å². The van der Waals surface area contributed by atoms with E-state index in [1.165, 1.54) is 7.11 Å². The fourth-order valence-corrected chi connectivity index (χ4v) is 2.48. The summed E-state index contributed by atoms with van der Waals surface area (Å²) < 4.78 is 4.78. The van der Waals surface area contributed by atoms with E-state index in [0.29, 0.717) is 16.7 Å². The van der Waals surface area contributed by atoms with Gasteiger partial charge in [0.1, 0.15) is 0 Å². The summed E-state index contributed by atoms with van der Waals surface area (Å²) in [6.45, 7) is 0. The quantitative estimate of drug-likeness (QED) is 0.543. The van der Waals surface area contributed by atoms with Gasteiger partial charge in [-0.25, -0.2) is 4.79 Å². The molecule has 0 saturated heterocycles. The molecule has 22 heavy (non-hydrogen) atoms. The van der Waals surface area contributed by atoms with Crippen molar-refractivity contribution in [3.05, 3.63) is 83.4 Å². The van der Waals surface area contributed by atoms with E-state index >= 15 is 0 Å². The third-order valence-electron chi connectivity index (χ3n) is 3.56. The van der Waals surface area contributed by atoms with Gasteiger partial charge in [0, 0.05) is 11.1 Å². The molecule has 0 aliphatic rings. The van der Waals surface area contributed by atoms with Crippen LogP contribution in [-0.4, -0.2) is 18.9 Å². The van der Waals surface area contributed by atoms with Crippen LogP contribution in [0.4, 0.5) is 0 Å². The largest absolute Gasteiger partial charge is 0.465 e. The smallest absolute Gasteiger partial charge is 0.337 e. The number of benzene rings is 3. The number of carbonyl (C=O) groups excluding carboxylic acids is 2. The molecule has 0 aromatic heterocycles. The highest BCUT2D eigenvalue weighted by atomic mass is 16.5. The summed E-state index contributed by atoms with van der Waals surface area (Å²) in [6, 6.07) is 19.9. The predicted octanol–water partition coefficient (Wildman–Crippen LogP) is 3.86. The molecule has 3 rings (SSSR count). The fraction of sp³-hybridized carbons (Fsp3) is 0.0526. The summed E-state index contributed by atoms with van der Waals surface area (Å²) >= 11 is 0. The first-order valence-corrected chi connectivity index (χ1v) is 6.91. The molecule has 0 aliphatic heterocycles. The van der Waals surface area contributed by atoms with Crippen molar-refractivity contribution in [3.8, 4) is 0 Å². The molecule has 0 spiro atoms. The average molecular weight is 290 g/mol. The Balaban J connectivity index is 2.23. The lowest BCUT2D eigenvalue weighted by atomic mass is 9.95. The van der Waals surface area contributed by atoms with Crippen molar-refractivity contribution in [1.29, 1.82) is 0 Å². The maximum atomic E-state index is 12.8. The standard InChI is InChI=1S/C19H14O3/c1-22-19(21)15-11-14-9-5-6-10-16(14)17(12-15)18(20)13-7-3-2-4-8-13/h2-12H,1H3. The van der Waals surface area contributed by atoms with Gasteiger partial charge in [0.15, 0.2) is 5.78 Å². The average Bonchev–Trinajstić information content (AvgIpc) is 2.60. The second-order valence-corrected chi connectivity index (χ2v) is 4.93. The van der Waals surface area contributed by atoms with E-state index in [1.54, 1.807) is 24.3 Å². The molecule has 0 radical (unpaired) electrons. The van der Waals surface area contributed by atoms with Crippen molar-refractivity contribution < 1.29 is 14.3 Å². The highest BCUT2D eigenvalue weighted by Gasteiger charge is 2.16. The number of hydrogen-bond acceptors (Lipinski definition) is 3. The number of fused-ring (bicyclic) bond motifs is 1. The number of carbonyl (C=O) groups is 2. The molecule has 0 bridgehead atoms. The number of ketones is 1. The molecule has 3 heteroatoms. The van der Waals surface area contributed by atoms with E-state index < -0.39 is 5.97 Å². The van der Waals surface area contributed by atoms with Gasteiger partial charge in [-0.3, -0.25) is 4.79 Å². The molecule has 0 atom stereocenters. The van der Waals surface area contributed by atoms with Crippen molar-refractivity contribution >= 4 is 22.5 Å². The highest BCUT2D eigenvalue weighted by Crippen LogP contribution is 2.24. The maximum absolute atomic E-state index is 12.8. The molecule has 0 fully saturated rings. The summed E-state index contributed by atoms with van der Waals surface area (Å²) in [5, 5.41) is 1.66. The molecule has 0 N–H and O–H groups in total. The highest BCUT2D eigenvalue weighted by molar-refractivity contribution is 6.17. The second-order valence-electron chi connectivity index (χ2n) is 4.93. The van der Waals surface area contributed by atoms with E-state index in [4.69, 9.17) is 4.74 Å². The van der Waals surface area contributed by atoms with Crippen LogP contribution in [0.1, 0.15) is 26.3 Å². The molecule has 3 nitrogen and oxygen atoms in total. The summed E-state index contributed by atoms with van der Waals surface area (Å²) in [5.74, 6) is -0.560. The van der Waals surface area contributed by atoms with Crippen molar-refractivity contribution in [2.24, 2.45) is 0 Å². The molecular formula is C19H14O3.